The molecule has 1 unspecified atom stereocenters. The summed E-state index contributed by atoms with van der Waals surface area (Å²) in [7, 11) is 1.55. The largest absolute Gasteiger partial charge is 0.507 e. The van der Waals surface area contributed by atoms with Gasteiger partial charge in [0, 0.05) is 17.7 Å². The third kappa shape index (κ3) is 3.52. The van der Waals surface area contributed by atoms with Crippen molar-refractivity contribution in [2.45, 2.75) is 32.7 Å². The van der Waals surface area contributed by atoms with Crippen molar-refractivity contribution in [3.05, 3.63) is 70.8 Å². The van der Waals surface area contributed by atoms with E-state index in [4.69, 9.17) is 4.74 Å². The number of aliphatic hydroxyl groups is 1. The quantitative estimate of drug-likeness (QED) is 0.463. The average molecular weight is 379 g/mol. The van der Waals surface area contributed by atoms with E-state index in [0.29, 0.717) is 23.4 Å². The molecule has 0 aliphatic carbocycles. The third-order valence-electron chi connectivity index (χ3n) is 5.05. The van der Waals surface area contributed by atoms with E-state index in [1.807, 2.05) is 44.2 Å². The van der Waals surface area contributed by atoms with Gasteiger partial charge in [0.05, 0.1) is 18.7 Å². The summed E-state index contributed by atoms with van der Waals surface area (Å²) in [4.78, 5) is 27.2. The maximum absolute atomic E-state index is 12.9. The number of hydrogen-bond acceptors (Lipinski definition) is 4. The van der Waals surface area contributed by atoms with Crippen LogP contribution in [0.4, 0.5) is 0 Å². The van der Waals surface area contributed by atoms with Crippen LogP contribution in [0, 0.1) is 6.92 Å². The number of rotatable bonds is 6. The summed E-state index contributed by atoms with van der Waals surface area (Å²) in [5, 5.41) is 11.0. The van der Waals surface area contributed by atoms with Gasteiger partial charge >= 0.3 is 0 Å². The molecular weight excluding hydrogens is 354 g/mol. The van der Waals surface area contributed by atoms with Crippen LogP contribution in [0.2, 0.25) is 0 Å². The number of carbonyl (C=O) groups is 2. The summed E-state index contributed by atoms with van der Waals surface area (Å²) in [5.41, 5.74) is 2.35. The molecule has 0 saturated carbocycles. The molecule has 146 valence electrons. The monoisotopic (exact) mass is 379 g/mol. The van der Waals surface area contributed by atoms with Crippen LogP contribution in [-0.4, -0.2) is 35.4 Å². The Labute approximate surface area is 165 Å². The van der Waals surface area contributed by atoms with Crippen molar-refractivity contribution in [1.29, 1.82) is 0 Å². The van der Waals surface area contributed by atoms with Gasteiger partial charge in [-0.2, -0.15) is 0 Å². The Morgan fingerprint density at radius 3 is 2.43 bits per heavy atom. The number of amides is 1. The molecule has 3 rings (SSSR count). The van der Waals surface area contributed by atoms with Crippen LogP contribution < -0.4 is 4.74 Å². The molecule has 0 bridgehead atoms. The smallest absolute Gasteiger partial charge is 0.295 e. The van der Waals surface area contributed by atoms with E-state index in [9.17, 15) is 14.7 Å². The normalized spacial score (nSPS) is 18.5. The third-order valence-corrected chi connectivity index (χ3v) is 5.05. The van der Waals surface area contributed by atoms with E-state index < -0.39 is 17.7 Å². The topological polar surface area (TPSA) is 66.8 Å². The van der Waals surface area contributed by atoms with Gasteiger partial charge < -0.3 is 14.7 Å². The van der Waals surface area contributed by atoms with Gasteiger partial charge in [-0.1, -0.05) is 61.4 Å². The summed E-state index contributed by atoms with van der Waals surface area (Å²) >= 11 is 0. The SMILES string of the molecule is CCCCN1C(=O)C(=O)/C(=C(/O)c2ccc(C)cc2)C1c1ccccc1OC. The van der Waals surface area contributed by atoms with E-state index >= 15 is 0 Å². The number of ketones is 1. The summed E-state index contributed by atoms with van der Waals surface area (Å²) in [6.07, 6.45) is 1.66. The number of methoxy groups -OCH3 is 1. The zero-order valence-electron chi connectivity index (χ0n) is 16.4. The van der Waals surface area contributed by atoms with Gasteiger partial charge in [-0.05, 0) is 19.4 Å². The minimum Gasteiger partial charge on any atom is -0.507 e. The minimum atomic E-state index is -0.677. The molecule has 1 aliphatic heterocycles. The summed E-state index contributed by atoms with van der Waals surface area (Å²) in [5.74, 6) is -0.831. The lowest BCUT2D eigenvalue weighted by Gasteiger charge is -2.26. The van der Waals surface area contributed by atoms with Crippen LogP contribution >= 0.6 is 0 Å². The number of hydrogen-bond donors (Lipinski definition) is 1. The Morgan fingerprint density at radius 2 is 1.79 bits per heavy atom. The number of carbonyl (C=O) groups excluding carboxylic acids is 2. The van der Waals surface area contributed by atoms with Gasteiger partial charge in [-0.3, -0.25) is 9.59 Å². The molecule has 0 spiro atoms. The maximum atomic E-state index is 12.9. The molecule has 1 heterocycles. The molecule has 5 nitrogen and oxygen atoms in total. The maximum Gasteiger partial charge on any atom is 0.295 e. The molecule has 1 fully saturated rings. The van der Waals surface area contributed by atoms with E-state index in [2.05, 4.69) is 0 Å². The van der Waals surface area contributed by atoms with Crippen molar-refractivity contribution < 1.29 is 19.4 Å². The second kappa shape index (κ2) is 8.30. The van der Waals surface area contributed by atoms with Gasteiger partial charge in [0.1, 0.15) is 11.5 Å². The highest BCUT2D eigenvalue weighted by molar-refractivity contribution is 6.46. The molecular formula is C23H25NO4. The standard InChI is InChI=1S/C23H25NO4/c1-4-5-14-24-20(17-8-6-7-9-18(17)28-3)19(22(26)23(24)27)21(25)16-12-10-15(2)11-13-16/h6-13,20,25H,4-5,14H2,1-3H3/b21-19+. The highest BCUT2D eigenvalue weighted by Crippen LogP contribution is 2.42. The average Bonchev–Trinajstić information content (AvgIpc) is 2.96. The highest BCUT2D eigenvalue weighted by atomic mass is 16.5. The first-order valence-corrected chi connectivity index (χ1v) is 9.48. The Bertz CT molecular complexity index is 914. The Balaban J connectivity index is 2.20. The number of likely N-dealkylation sites (tertiary alicyclic amines) is 1. The van der Waals surface area contributed by atoms with Crippen molar-refractivity contribution >= 4 is 17.4 Å². The van der Waals surface area contributed by atoms with Gasteiger partial charge in [-0.15, -0.1) is 0 Å². The molecule has 0 aromatic heterocycles. The van der Waals surface area contributed by atoms with Crippen LogP contribution in [-0.2, 0) is 9.59 Å². The molecule has 1 saturated heterocycles. The fraction of sp³-hybridized carbons (Fsp3) is 0.304. The molecule has 2 aromatic rings. The number of aliphatic hydroxyl groups excluding tert-OH is 1. The van der Waals surface area contributed by atoms with Crippen molar-refractivity contribution in [2.24, 2.45) is 0 Å². The van der Waals surface area contributed by atoms with Gasteiger partial charge in [0.15, 0.2) is 0 Å². The number of Topliss-reactive ketones (excluding diaryl/α,β-unsaturated/α-hetero) is 1. The predicted molar refractivity (Wildman–Crippen MR) is 108 cm³/mol. The number of benzene rings is 2. The van der Waals surface area contributed by atoms with Crippen LogP contribution in [0.15, 0.2) is 54.1 Å². The van der Waals surface area contributed by atoms with Crippen molar-refractivity contribution in [3.8, 4) is 5.75 Å². The van der Waals surface area contributed by atoms with E-state index in [0.717, 1.165) is 18.4 Å². The van der Waals surface area contributed by atoms with Gasteiger partial charge in [0.2, 0.25) is 0 Å². The first-order valence-electron chi connectivity index (χ1n) is 9.48. The van der Waals surface area contributed by atoms with Crippen molar-refractivity contribution in [1.82, 2.24) is 4.90 Å². The molecule has 5 heteroatoms. The Morgan fingerprint density at radius 1 is 1.11 bits per heavy atom. The van der Waals surface area contributed by atoms with Gasteiger partial charge in [-0.25, -0.2) is 0 Å². The van der Waals surface area contributed by atoms with Crippen LogP contribution in [0.25, 0.3) is 5.76 Å². The second-order valence-corrected chi connectivity index (χ2v) is 6.95. The zero-order valence-corrected chi connectivity index (χ0v) is 16.4. The molecule has 2 aromatic carbocycles. The molecule has 1 atom stereocenters. The fourth-order valence-corrected chi connectivity index (χ4v) is 3.52. The van der Waals surface area contributed by atoms with E-state index in [1.165, 1.54) is 0 Å². The molecule has 1 N–H and O–H groups in total. The lowest BCUT2D eigenvalue weighted by atomic mass is 9.94. The highest BCUT2D eigenvalue weighted by Gasteiger charge is 2.46. The zero-order chi connectivity index (χ0) is 20.3. The second-order valence-electron chi connectivity index (χ2n) is 6.95. The van der Waals surface area contributed by atoms with Crippen LogP contribution in [0.5, 0.6) is 5.75 Å². The fourth-order valence-electron chi connectivity index (χ4n) is 3.52. The number of unbranched alkanes of at least 4 members (excludes halogenated alkanes) is 1. The molecule has 28 heavy (non-hydrogen) atoms. The molecule has 1 aliphatic rings. The molecule has 0 radical (unpaired) electrons. The number of ether oxygens (including phenoxy) is 1. The lowest BCUT2D eigenvalue weighted by molar-refractivity contribution is -0.139. The van der Waals surface area contributed by atoms with Crippen molar-refractivity contribution in [3.63, 3.8) is 0 Å². The summed E-state index contributed by atoms with van der Waals surface area (Å²) < 4.78 is 5.48. The molecule has 1 amide bonds. The Kier molecular flexibility index (Phi) is 5.83. The number of para-hydroxylation sites is 1. The van der Waals surface area contributed by atoms with Gasteiger partial charge in [0.25, 0.3) is 11.7 Å². The van der Waals surface area contributed by atoms with E-state index in [1.54, 1.807) is 30.2 Å². The number of nitrogens with zero attached hydrogens (tertiary/aromatic N) is 1. The number of aryl methyl sites for hydroxylation is 1. The predicted octanol–water partition coefficient (Wildman–Crippen LogP) is 4.23. The summed E-state index contributed by atoms with van der Waals surface area (Å²) in [6, 6.07) is 13.8. The first kappa shape index (κ1) is 19.7. The lowest BCUT2D eigenvalue weighted by Crippen LogP contribution is -2.30. The van der Waals surface area contributed by atoms with Crippen LogP contribution in [0.3, 0.4) is 0 Å². The first-order chi connectivity index (χ1) is 13.5. The van der Waals surface area contributed by atoms with Crippen molar-refractivity contribution in [2.75, 3.05) is 13.7 Å². The minimum absolute atomic E-state index is 0.106. The van der Waals surface area contributed by atoms with E-state index in [-0.39, 0.29) is 11.3 Å². The van der Waals surface area contributed by atoms with Crippen LogP contribution in [0.1, 0.15) is 42.5 Å². The Hall–Kier alpha value is -3.08. The summed E-state index contributed by atoms with van der Waals surface area (Å²) in [6.45, 7) is 4.41.